The Kier molecular flexibility index (Phi) is 3.99. The van der Waals surface area contributed by atoms with Gasteiger partial charge in [-0.25, -0.2) is 9.98 Å². The molecular weight excluding hydrogens is 232 g/mol. The van der Waals surface area contributed by atoms with Gasteiger partial charge in [0.1, 0.15) is 0 Å². The van der Waals surface area contributed by atoms with Crippen molar-refractivity contribution in [2.45, 2.75) is 33.2 Å². The van der Waals surface area contributed by atoms with Crippen molar-refractivity contribution < 1.29 is 0 Å². The Morgan fingerprint density at radius 1 is 1.71 bits per heavy atom. The Labute approximate surface area is 107 Å². The van der Waals surface area contributed by atoms with Gasteiger partial charge in [0.15, 0.2) is 5.96 Å². The SMILES string of the molecule is Cc1ncc(CN=C(N)N2CCCC(C)C2)s1. The quantitative estimate of drug-likeness (QED) is 0.647. The van der Waals surface area contributed by atoms with E-state index < -0.39 is 0 Å². The molecule has 1 unspecified atom stereocenters. The van der Waals surface area contributed by atoms with E-state index in [0.717, 1.165) is 24.0 Å². The van der Waals surface area contributed by atoms with Crippen LogP contribution in [0.25, 0.3) is 0 Å². The first-order valence-electron chi connectivity index (χ1n) is 6.11. The van der Waals surface area contributed by atoms with Crippen LogP contribution in [0.15, 0.2) is 11.2 Å². The summed E-state index contributed by atoms with van der Waals surface area (Å²) in [4.78, 5) is 12.0. The molecule has 0 bridgehead atoms. The van der Waals surface area contributed by atoms with Gasteiger partial charge in [0.05, 0.1) is 11.6 Å². The van der Waals surface area contributed by atoms with E-state index in [1.165, 1.54) is 17.7 Å². The maximum atomic E-state index is 6.03. The molecule has 0 aromatic carbocycles. The van der Waals surface area contributed by atoms with E-state index in [4.69, 9.17) is 5.73 Å². The molecule has 5 heteroatoms. The van der Waals surface area contributed by atoms with Gasteiger partial charge < -0.3 is 10.6 Å². The molecule has 4 nitrogen and oxygen atoms in total. The summed E-state index contributed by atoms with van der Waals surface area (Å²) in [5, 5.41) is 1.08. The molecule has 0 spiro atoms. The van der Waals surface area contributed by atoms with Crippen LogP contribution in [0.5, 0.6) is 0 Å². The number of aromatic nitrogens is 1. The molecule has 17 heavy (non-hydrogen) atoms. The molecule has 2 heterocycles. The van der Waals surface area contributed by atoms with Gasteiger partial charge in [0.25, 0.3) is 0 Å². The predicted octanol–water partition coefficient (Wildman–Crippen LogP) is 2.00. The summed E-state index contributed by atoms with van der Waals surface area (Å²) in [6.45, 7) is 7.01. The highest BCUT2D eigenvalue weighted by Gasteiger charge is 2.17. The zero-order valence-electron chi connectivity index (χ0n) is 10.5. The van der Waals surface area contributed by atoms with Gasteiger partial charge in [-0.15, -0.1) is 11.3 Å². The first kappa shape index (κ1) is 12.4. The Balaban J connectivity index is 1.92. The van der Waals surface area contributed by atoms with Crippen molar-refractivity contribution in [1.29, 1.82) is 0 Å². The summed E-state index contributed by atoms with van der Waals surface area (Å²) in [5.74, 6) is 1.41. The minimum atomic E-state index is 0.655. The fourth-order valence-corrected chi connectivity index (χ4v) is 2.85. The number of rotatable bonds is 2. The molecule has 0 radical (unpaired) electrons. The van der Waals surface area contributed by atoms with Crippen molar-refractivity contribution in [3.8, 4) is 0 Å². The van der Waals surface area contributed by atoms with E-state index in [9.17, 15) is 0 Å². The van der Waals surface area contributed by atoms with Crippen LogP contribution in [0, 0.1) is 12.8 Å². The van der Waals surface area contributed by atoms with E-state index >= 15 is 0 Å². The fraction of sp³-hybridized carbons (Fsp3) is 0.667. The number of nitrogens with two attached hydrogens (primary N) is 1. The van der Waals surface area contributed by atoms with Gasteiger partial charge in [-0.2, -0.15) is 0 Å². The number of hydrogen-bond acceptors (Lipinski definition) is 3. The van der Waals surface area contributed by atoms with E-state index in [0.29, 0.717) is 12.5 Å². The van der Waals surface area contributed by atoms with Crippen LogP contribution in [0.2, 0.25) is 0 Å². The lowest BCUT2D eigenvalue weighted by Gasteiger charge is -2.31. The maximum Gasteiger partial charge on any atom is 0.191 e. The van der Waals surface area contributed by atoms with Gasteiger partial charge in [-0.3, -0.25) is 0 Å². The molecule has 1 aromatic heterocycles. The smallest absolute Gasteiger partial charge is 0.191 e. The van der Waals surface area contributed by atoms with Gasteiger partial charge in [0, 0.05) is 24.2 Å². The first-order chi connectivity index (χ1) is 8.15. The summed E-state index contributed by atoms with van der Waals surface area (Å²) in [5.41, 5.74) is 6.03. The van der Waals surface area contributed by atoms with E-state index in [-0.39, 0.29) is 0 Å². The van der Waals surface area contributed by atoms with Gasteiger partial charge >= 0.3 is 0 Å². The Morgan fingerprint density at radius 2 is 2.53 bits per heavy atom. The van der Waals surface area contributed by atoms with Crippen molar-refractivity contribution in [2.75, 3.05) is 13.1 Å². The largest absolute Gasteiger partial charge is 0.370 e. The van der Waals surface area contributed by atoms with Crippen molar-refractivity contribution in [3.05, 3.63) is 16.1 Å². The number of hydrogen-bond donors (Lipinski definition) is 1. The fourth-order valence-electron chi connectivity index (χ4n) is 2.13. The summed E-state index contributed by atoms with van der Waals surface area (Å²) in [6, 6.07) is 0. The third kappa shape index (κ3) is 3.43. The molecule has 1 aliphatic heterocycles. The third-order valence-electron chi connectivity index (χ3n) is 3.05. The summed E-state index contributed by atoms with van der Waals surface area (Å²) >= 11 is 1.68. The second-order valence-electron chi connectivity index (χ2n) is 4.71. The zero-order valence-corrected chi connectivity index (χ0v) is 11.3. The van der Waals surface area contributed by atoms with Crippen LogP contribution >= 0.6 is 11.3 Å². The lowest BCUT2D eigenvalue weighted by Crippen LogP contribution is -2.43. The van der Waals surface area contributed by atoms with Crippen molar-refractivity contribution in [2.24, 2.45) is 16.6 Å². The zero-order chi connectivity index (χ0) is 12.3. The third-order valence-corrected chi connectivity index (χ3v) is 3.94. The summed E-state index contributed by atoms with van der Waals surface area (Å²) in [6.07, 6.45) is 4.41. The number of likely N-dealkylation sites (tertiary alicyclic amines) is 1. The highest BCUT2D eigenvalue weighted by molar-refractivity contribution is 7.11. The van der Waals surface area contributed by atoms with Crippen LogP contribution in [0.4, 0.5) is 0 Å². The summed E-state index contributed by atoms with van der Waals surface area (Å²) in [7, 11) is 0. The number of aliphatic imine (C=N–C) groups is 1. The molecular formula is C12H20N4S. The Bertz CT molecular complexity index is 399. The average Bonchev–Trinajstić information content (AvgIpc) is 2.72. The average molecular weight is 252 g/mol. The van der Waals surface area contributed by atoms with Crippen LogP contribution in [0.3, 0.4) is 0 Å². The van der Waals surface area contributed by atoms with Gasteiger partial charge in [-0.05, 0) is 25.7 Å². The number of guanidine groups is 1. The monoisotopic (exact) mass is 252 g/mol. The highest BCUT2D eigenvalue weighted by Crippen LogP contribution is 2.16. The number of nitrogens with zero attached hydrogens (tertiary/aromatic N) is 3. The first-order valence-corrected chi connectivity index (χ1v) is 6.93. The lowest BCUT2D eigenvalue weighted by atomic mass is 10.0. The molecule has 0 aliphatic carbocycles. The molecule has 1 atom stereocenters. The maximum absolute atomic E-state index is 6.03. The van der Waals surface area contributed by atoms with Crippen molar-refractivity contribution in [1.82, 2.24) is 9.88 Å². The molecule has 94 valence electrons. The van der Waals surface area contributed by atoms with Crippen molar-refractivity contribution in [3.63, 3.8) is 0 Å². The van der Waals surface area contributed by atoms with Crippen LogP contribution in [-0.2, 0) is 6.54 Å². The van der Waals surface area contributed by atoms with Gasteiger partial charge in [-0.1, -0.05) is 6.92 Å². The minimum Gasteiger partial charge on any atom is -0.370 e. The molecule has 2 N–H and O–H groups in total. The standard InChI is InChI=1S/C12H20N4S/c1-9-4-3-5-16(8-9)12(13)15-7-11-6-14-10(2)17-11/h6,9H,3-5,7-8H2,1-2H3,(H2,13,15). The predicted molar refractivity (Wildman–Crippen MR) is 72.1 cm³/mol. The normalized spacial score (nSPS) is 21.9. The number of piperidine rings is 1. The molecule has 1 fully saturated rings. The highest BCUT2D eigenvalue weighted by atomic mass is 32.1. The minimum absolute atomic E-state index is 0.655. The van der Waals surface area contributed by atoms with Crippen LogP contribution in [-0.4, -0.2) is 28.9 Å². The van der Waals surface area contributed by atoms with E-state index in [1.54, 1.807) is 11.3 Å². The van der Waals surface area contributed by atoms with Crippen molar-refractivity contribution >= 4 is 17.3 Å². The Morgan fingerprint density at radius 3 is 3.18 bits per heavy atom. The number of thiazole rings is 1. The van der Waals surface area contributed by atoms with Crippen LogP contribution in [0.1, 0.15) is 29.7 Å². The molecule has 1 saturated heterocycles. The second kappa shape index (κ2) is 5.49. The van der Waals surface area contributed by atoms with Gasteiger partial charge in [0.2, 0.25) is 0 Å². The summed E-state index contributed by atoms with van der Waals surface area (Å²) < 4.78 is 0. The number of aryl methyl sites for hydroxylation is 1. The van der Waals surface area contributed by atoms with E-state index in [2.05, 4.69) is 21.8 Å². The molecule has 1 aliphatic rings. The molecule has 2 rings (SSSR count). The Hall–Kier alpha value is -1.10. The van der Waals surface area contributed by atoms with E-state index in [1.807, 2.05) is 13.1 Å². The molecule has 1 aromatic rings. The second-order valence-corrected chi connectivity index (χ2v) is 6.03. The molecule has 0 saturated carbocycles. The topological polar surface area (TPSA) is 54.5 Å². The lowest BCUT2D eigenvalue weighted by molar-refractivity contribution is 0.270. The van der Waals surface area contributed by atoms with Crippen LogP contribution < -0.4 is 5.73 Å². The molecule has 0 amide bonds.